The average Bonchev–Trinajstić information content (AvgIpc) is 2.70. The van der Waals surface area contributed by atoms with Gasteiger partial charge in [-0.15, -0.1) is 0 Å². The van der Waals surface area contributed by atoms with E-state index >= 15 is 0 Å². The molecule has 0 saturated carbocycles. The van der Waals surface area contributed by atoms with Gasteiger partial charge in [0.25, 0.3) is 0 Å². The number of benzene rings is 1. The highest BCUT2D eigenvalue weighted by atomic mass is 35.5. The molecule has 0 spiro atoms. The van der Waals surface area contributed by atoms with E-state index in [1.54, 1.807) is 16.9 Å². The summed E-state index contributed by atoms with van der Waals surface area (Å²) < 4.78 is 1.69. The molecular formula is C13H11ClN4. The highest BCUT2D eigenvalue weighted by Gasteiger charge is 2.04. The van der Waals surface area contributed by atoms with Crippen LogP contribution in [0.4, 0.5) is 5.69 Å². The fourth-order valence-corrected chi connectivity index (χ4v) is 2.10. The van der Waals surface area contributed by atoms with Crippen molar-refractivity contribution in [3.63, 3.8) is 0 Å². The van der Waals surface area contributed by atoms with Crippen molar-refractivity contribution >= 4 is 22.9 Å². The molecule has 0 amide bonds. The Bertz CT molecular complexity index is 705. The summed E-state index contributed by atoms with van der Waals surface area (Å²) in [6.07, 6.45) is 4.10. The fraction of sp³-hybridized carbons (Fsp3) is 0.0769. The largest absolute Gasteiger partial charge is 0.396 e. The Hall–Kier alpha value is -2.07. The first-order valence-corrected chi connectivity index (χ1v) is 5.93. The quantitative estimate of drug-likeness (QED) is 0.769. The van der Waals surface area contributed by atoms with Crippen LogP contribution in [-0.4, -0.2) is 14.6 Å². The van der Waals surface area contributed by atoms with Crippen LogP contribution in [0.15, 0.2) is 42.7 Å². The van der Waals surface area contributed by atoms with Gasteiger partial charge in [-0.25, -0.2) is 9.50 Å². The molecule has 3 rings (SSSR count). The molecule has 1 aromatic carbocycles. The second kappa shape index (κ2) is 4.31. The number of nitrogens with zero attached hydrogens (tertiary/aromatic N) is 3. The Balaban J connectivity index is 1.95. The predicted octanol–water partition coefficient (Wildman–Crippen LogP) is 2.56. The van der Waals surface area contributed by atoms with Crippen molar-refractivity contribution in [3.8, 4) is 0 Å². The van der Waals surface area contributed by atoms with Crippen molar-refractivity contribution in [3.05, 3.63) is 59.0 Å². The molecule has 2 heterocycles. The second-order valence-corrected chi connectivity index (χ2v) is 4.57. The molecule has 0 aliphatic carbocycles. The van der Waals surface area contributed by atoms with Gasteiger partial charge in [0.15, 0.2) is 5.65 Å². The molecule has 0 aliphatic rings. The maximum absolute atomic E-state index is 5.96. The molecule has 0 radical (unpaired) electrons. The lowest BCUT2D eigenvalue weighted by Gasteiger charge is -1.98. The fourth-order valence-electron chi connectivity index (χ4n) is 1.88. The smallest absolute Gasteiger partial charge is 0.155 e. The lowest BCUT2D eigenvalue weighted by atomic mass is 10.1. The normalized spacial score (nSPS) is 10.9. The molecule has 18 heavy (non-hydrogen) atoms. The summed E-state index contributed by atoms with van der Waals surface area (Å²) in [4.78, 5) is 4.21. The standard InChI is InChI=1S/C13H11ClN4/c14-10-3-1-2-9(4-10)5-12-6-13-16-7-11(15)8-18(13)17-12/h1-4,6-8H,5,15H2. The van der Waals surface area contributed by atoms with Gasteiger partial charge in [-0.2, -0.15) is 5.10 Å². The number of nitrogen functional groups attached to an aromatic ring is 1. The van der Waals surface area contributed by atoms with E-state index in [4.69, 9.17) is 17.3 Å². The molecule has 90 valence electrons. The Labute approximate surface area is 109 Å². The van der Waals surface area contributed by atoms with Gasteiger partial charge in [-0.3, -0.25) is 0 Å². The number of aromatic nitrogens is 3. The molecule has 0 fully saturated rings. The van der Waals surface area contributed by atoms with Gasteiger partial charge in [-0.1, -0.05) is 23.7 Å². The Kier molecular flexibility index (Phi) is 2.64. The van der Waals surface area contributed by atoms with E-state index in [2.05, 4.69) is 10.1 Å². The van der Waals surface area contributed by atoms with Crippen molar-refractivity contribution in [1.82, 2.24) is 14.6 Å². The summed E-state index contributed by atoms with van der Waals surface area (Å²) in [6, 6.07) is 9.70. The number of hydrogen-bond acceptors (Lipinski definition) is 3. The molecule has 5 heteroatoms. The Morgan fingerprint density at radius 3 is 3.00 bits per heavy atom. The van der Waals surface area contributed by atoms with Gasteiger partial charge in [0.2, 0.25) is 0 Å². The van der Waals surface area contributed by atoms with E-state index < -0.39 is 0 Å². The summed E-state index contributed by atoms with van der Waals surface area (Å²) in [6.45, 7) is 0. The minimum atomic E-state index is 0.597. The Morgan fingerprint density at radius 2 is 2.17 bits per heavy atom. The summed E-state index contributed by atoms with van der Waals surface area (Å²) in [7, 11) is 0. The maximum Gasteiger partial charge on any atom is 0.155 e. The molecule has 4 nitrogen and oxygen atoms in total. The van der Waals surface area contributed by atoms with Crippen LogP contribution in [0, 0.1) is 0 Å². The van der Waals surface area contributed by atoms with Crippen LogP contribution in [0.25, 0.3) is 5.65 Å². The zero-order valence-corrected chi connectivity index (χ0v) is 10.3. The third kappa shape index (κ3) is 2.15. The summed E-state index contributed by atoms with van der Waals surface area (Å²) in [5, 5.41) is 5.16. The highest BCUT2D eigenvalue weighted by molar-refractivity contribution is 6.30. The topological polar surface area (TPSA) is 56.2 Å². The molecular weight excluding hydrogens is 248 g/mol. The average molecular weight is 259 g/mol. The third-order valence-corrected chi connectivity index (χ3v) is 2.89. The number of fused-ring (bicyclic) bond motifs is 1. The minimum Gasteiger partial charge on any atom is -0.396 e. The van der Waals surface area contributed by atoms with Gasteiger partial charge in [0.1, 0.15) is 0 Å². The molecule has 2 aromatic heterocycles. The lowest BCUT2D eigenvalue weighted by molar-refractivity contribution is 0.898. The van der Waals surface area contributed by atoms with Gasteiger partial charge >= 0.3 is 0 Å². The van der Waals surface area contributed by atoms with E-state index in [1.807, 2.05) is 30.3 Å². The number of anilines is 1. The predicted molar refractivity (Wildman–Crippen MR) is 71.7 cm³/mol. The van der Waals surface area contributed by atoms with Gasteiger partial charge < -0.3 is 5.73 Å². The van der Waals surface area contributed by atoms with Gasteiger partial charge in [0, 0.05) is 17.5 Å². The van der Waals surface area contributed by atoms with Crippen LogP contribution in [0.5, 0.6) is 0 Å². The molecule has 0 unspecified atom stereocenters. The van der Waals surface area contributed by atoms with E-state index in [0.717, 1.165) is 28.3 Å². The molecule has 3 aromatic rings. The van der Waals surface area contributed by atoms with Gasteiger partial charge in [0.05, 0.1) is 23.8 Å². The van der Waals surface area contributed by atoms with Crippen LogP contribution >= 0.6 is 11.6 Å². The van der Waals surface area contributed by atoms with Crippen LogP contribution in [0.1, 0.15) is 11.3 Å². The Morgan fingerprint density at radius 1 is 1.28 bits per heavy atom. The zero-order chi connectivity index (χ0) is 12.5. The number of rotatable bonds is 2. The first kappa shape index (κ1) is 11.0. The summed E-state index contributed by atoms with van der Waals surface area (Å²) in [5.74, 6) is 0. The van der Waals surface area contributed by atoms with Crippen molar-refractivity contribution in [2.24, 2.45) is 0 Å². The molecule has 0 saturated heterocycles. The number of nitrogens with two attached hydrogens (primary N) is 1. The van der Waals surface area contributed by atoms with E-state index in [1.165, 1.54) is 0 Å². The van der Waals surface area contributed by atoms with Crippen LogP contribution in [-0.2, 0) is 6.42 Å². The van der Waals surface area contributed by atoms with E-state index in [9.17, 15) is 0 Å². The highest BCUT2D eigenvalue weighted by Crippen LogP contribution is 2.15. The lowest BCUT2D eigenvalue weighted by Crippen LogP contribution is -1.95. The van der Waals surface area contributed by atoms with Gasteiger partial charge in [-0.05, 0) is 17.7 Å². The second-order valence-electron chi connectivity index (χ2n) is 4.13. The van der Waals surface area contributed by atoms with Crippen molar-refractivity contribution < 1.29 is 0 Å². The van der Waals surface area contributed by atoms with Crippen molar-refractivity contribution in [2.45, 2.75) is 6.42 Å². The van der Waals surface area contributed by atoms with E-state index in [-0.39, 0.29) is 0 Å². The monoisotopic (exact) mass is 258 g/mol. The van der Waals surface area contributed by atoms with Crippen LogP contribution in [0.3, 0.4) is 0 Å². The molecule has 2 N–H and O–H groups in total. The number of hydrogen-bond donors (Lipinski definition) is 1. The minimum absolute atomic E-state index is 0.597. The third-order valence-electron chi connectivity index (χ3n) is 2.66. The first-order chi connectivity index (χ1) is 8.70. The van der Waals surface area contributed by atoms with Crippen LogP contribution in [0.2, 0.25) is 5.02 Å². The number of halogens is 1. The zero-order valence-electron chi connectivity index (χ0n) is 9.55. The summed E-state index contributed by atoms with van der Waals surface area (Å²) >= 11 is 5.96. The molecule has 0 bridgehead atoms. The molecule has 0 aliphatic heterocycles. The SMILES string of the molecule is Nc1cnc2cc(Cc3cccc(Cl)c3)nn2c1. The first-order valence-electron chi connectivity index (χ1n) is 5.55. The van der Waals surface area contributed by atoms with Crippen LogP contribution < -0.4 is 5.73 Å². The maximum atomic E-state index is 5.96. The van der Waals surface area contributed by atoms with E-state index in [0.29, 0.717) is 5.69 Å². The summed E-state index contributed by atoms with van der Waals surface area (Å²) in [5.41, 5.74) is 9.12. The van der Waals surface area contributed by atoms with Crippen molar-refractivity contribution in [2.75, 3.05) is 5.73 Å². The molecule has 0 atom stereocenters. The van der Waals surface area contributed by atoms with Crippen molar-refractivity contribution in [1.29, 1.82) is 0 Å².